The Morgan fingerprint density at radius 2 is 2.17 bits per heavy atom. The van der Waals surface area contributed by atoms with Crippen LogP contribution in [-0.2, 0) is 0 Å². The van der Waals surface area contributed by atoms with Gasteiger partial charge in [-0.3, -0.25) is 14.9 Å². The Morgan fingerprint density at radius 1 is 1.39 bits per heavy atom. The van der Waals surface area contributed by atoms with Gasteiger partial charge >= 0.3 is 0 Å². The van der Waals surface area contributed by atoms with Gasteiger partial charge in [0.1, 0.15) is 0 Å². The number of benzene rings is 1. The lowest BCUT2D eigenvalue weighted by Gasteiger charge is -2.04. The quantitative estimate of drug-likeness (QED) is 0.690. The monoisotopic (exact) mass is 326 g/mol. The molecule has 0 saturated carbocycles. The summed E-state index contributed by atoms with van der Waals surface area (Å²) < 4.78 is 0.515. The maximum atomic E-state index is 11.9. The Balaban J connectivity index is 2.29. The largest absolute Gasteiger partial charge is 0.321 e. The first-order chi connectivity index (χ1) is 8.58. The van der Waals surface area contributed by atoms with Crippen LogP contribution in [-0.4, -0.2) is 10.8 Å². The van der Waals surface area contributed by atoms with Crippen molar-refractivity contribution in [3.8, 4) is 0 Å². The van der Waals surface area contributed by atoms with Crippen LogP contribution in [0.25, 0.3) is 0 Å². The number of carbonyl (C=O) groups excluding carboxylic acids is 1. The normalized spacial score (nSPS) is 10.1. The van der Waals surface area contributed by atoms with E-state index in [1.54, 1.807) is 11.4 Å². The van der Waals surface area contributed by atoms with E-state index >= 15 is 0 Å². The summed E-state index contributed by atoms with van der Waals surface area (Å²) in [7, 11) is 0. The van der Waals surface area contributed by atoms with Crippen molar-refractivity contribution in [1.82, 2.24) is 0 Å². The summed E-state index contributed by atoms with van der Waals surface area (Å²) in [6.07, 6.45) is 0. The average Bonchev–Trinajstić information content (AvgIpc) is 2.81. The van der Waals surface area contributed by atoms with Crippen LogP contribution in [0, 0.1) is 10.1 Å². The zero-order chi connectivity index (χ0) is 13.1. The fourth-order valence-electron chi connectivity index (χ4n) is 1.33. The first-order valence-electron chi connectivity index (χ1n) is 4.85. The number of anilines is 1. The highest BCUT2D eigenvalue weighted by atomic mass is 79.9. The lowest BCUT2D eigenvalue weighted by Crippen LogP contribution is -2.12. The van der Waals surface area contributed by atoms with Crippen LogP contribution in [0.15, 0.2) is 39.5 Å². The predicted octanol–water partition coefficient (Wildman–Crippen LogP) is 3.67. The third-order valence-corrected chi connectivity index (χ3v) is 3.56. The van der Waals surface area contributed by atoms with Crippen molar-refractivity contribution in [2.45, 2.75) is 0 Å². The number of hydrogen-bond acceptors (Lipinski definition) is 4. The van der Waals surface area contributed by atoms with E-state index in [0.29, 0.717) is 10.2 Å². The summed E-state index contributed by atoms with van der Waals surface area (Å²) in [6, 6.07) is 5.83. The Hall–Kier alpha value is -1.73. The molecule has 0 radical (unpaired) electrons. The van der Waals surface area contributed by atoms with Gasteiger partial charge in [0.15, 0.2) is 0 Å². The van der Waals surface area contributed by atoms with Gasteiger partial charge in [0.2, 0.25) is 0 Å². The Kier molecular flexibility index (Phi) is 3.73. The van der Waals surface area contributed by atoms with Crippen LogP contribution in [0.4, 0.5) is 11.4 Å². The second-order valence-electron chi connectivity index (χ2n) is 3.39. The lowest BCUT2D eigenvalue weighted by atomic mass is 10.2. The molecule has 92 valence electrons. The molecular formula is C11H7BrN2O3S. The molecule has 7 heteroatoms. The van der Waals surface area contributed by atoms with Gasteiger partial charge in [0.25, 0.3) is 11.6 Å². The molecule has 0 atom stereocenters. The van der Waals surface area contributed by atoms with Gasteiger partial charge in [0, 0.05) is 22.0 Å². The van der Waals surface area contributed by atoms with E-state index in [1.165, 1.54) is 29.5 Å². The number of nitrogens with zero attached hydrogens (tertiary/aromatic N) is 1. The number of thiophene rings is 1. The van der Waals surface area contributed by atoms with Crippen LogP contribution in [0.1, 0.15) is 10.4 Å². The number of non-ortho nitro benzene ring substituents is 1. The molecule has 1 aromatic carbocycles. The molecular weight excluding hydrogens is 320 g/mol. The SMILES string of the molecule is O=C(Nc1ccsc1)c1cc([N+](=O)[O-])ccc1Br. The number of halogens is 1. The minimum atomic E-state index is -0.534. The molecule has 0 fully saturated rings. The zero-order valence-corrected chi connectivity index (χ0v) is 11.3. The summed E-state index contributed by atoms with van der Waals surface area (Å²) >= 11 is 4.66. The zero-order valence-electron chi connectivity index (χ0n) is 8.92. The number of hydrogen-bond donors (Lipinski definition) is 1. The highest BCUT2D eigenvalue weighted by Gasteiger charge is 2.15. The molecule has 0 spiro atoms. The Morgan fingerprint density at radius 3 is 2.78 bits per heavy atom. The highest BCUT2D eigenvalue weighted by molar-refractivity contribution is 9.10. The number of carbonyl (C=O) groups is 1. The van der Waals surface area contributed by atoms with E-state index in [0.717, 1.165) is 0 Å². The van der Waals surface area contributed by atoms with Crippen LogP contribution < -0.4 is 5.32 Å². The van der Waals surface area contributed by atoms with Crippen LogP contribution in [0.3, 0.4) is 0 Å². The van der Waals surface area contributed by atoms with Gasteiger partial charge in [-0.05, 0) is 33.4 Å². The molecule has 18 heavy (non-hydrogen) atoms. The molecule has 1 N–H and O–H groups in total. The van der Waals surface area contributed by atoms with Gasteiger partial charge in [-0.2, -0.15) is 11.3 Å². The first-order valence-corrected chi connectivity index (χ1v) is 6.59. The molecule has 0 bridgehead atoms. The molecule has 1 heterocycles. The van der Waals surface area contributed by atoms with Gasteiger partial charge in [0.05, 0.1) is 16.2 Å². The van der Waals surface area contributed by atoms with Crippen molar-refractivity contribution in [2.75, 3.05) is 5.32 Å². The second kappa shape index (κ2) is 5.28. The topological polar surface area (TPSA) is 72.2 Å². The number of nitro benzene ring substituents is 1. The van der Waals surface area contributed by atoms with Crippen LogP contribution in [0.5, 0.6) is 0 Å². The third-order valence-electron chi connectivity index (χ3n) is 2.18. The fourth-order valence-corrected chi connectivity index (χ4v) is 2.35. The molecule has 0 aliphatic heterocycles. The molecule has 5 nitrogen and oxygen atoms in total. The molecule has 0 aliphatic carbocycles. The van der Waals surface area contributed by atoms with E-state index in [1.807, 2.05) is 5.38 Å². The van der Waals surface area contributed by atoms with Gasteiger partial charge in [-0.1, -0.05) is 0 Å². The standard InChI is InChI=1S/C11H7BrN2O3S/c12-10-2-1-8(14(16)17)5-9(10)11(15)13-7-3-4-18-6-7/h1-6H,(H,13,15). The summed E-state index contributed by atoms with van der Waals surface area (Å²) in [5, 5.41) is 16.9. The minimum Gasteiger partial charge on any atom is -0.321 e. The molecule has 0 unspecified atom stereocenters. The maximum Gasteiger partial charge on any atom is 0.270 e. The molecule has 2 rings (SSSR count). The molecule has 1 aromatic heterocycles. The van der Waals surface area contributed by atoms with E-state index in [4.69, 9.17) is 0 Å². The highest BCUT2D eigenvalue weighted by Crippen LogP contribution is 2.24. The summed E-state index contributed by atoms with van der Waals surface area (Å²) in [4.78, 5) is 22.1. The van der Waals surface area contributed by atoms with Gasteiger partial charge in [-0.15, -0.1) is 0 Å². The fraction of sp³-hybridized carbons (Fsp3) is 0. The van der Waals surface area contributed by atoms with Gasteiger partial charge < -0.3 is 5.32 Å². The minimum absolute atomic E-state index is 0.117. The molecule has 0 saturated heterocycles. The van der Waals surface area contributed by atoms with E-state index in [-0.39, 0.29) is 17.2 Å². The van der Waals surface area contributed by atoms with E-state index in [2.05, 4.69) is 21.2 Å². The average molecular weight is 327 g/mol. The molecule has 1 amide bonds. The molecule has 2 aromatic rings. The number of nitrogens with one attached hydrogen (secondary N) is 1. The second-order valence-corrected chi connectivity index (χ2v) is 5.02. The summed E-state index contributed by atoms with van der Waals surface area (Å²) in [6.45, 7) is 0. The third kappa shape index (κ3) is 2.74. The van der Waals surface area contributed by atoms with E-state index in [9.17, 15) is 14.9 Å². The number of rotatable bonds is 3. The van der Waals surface area contributed by atoms with Crippen LogP contribution >= 0.6 is 27.3 Å². The molecule has 0 aliphatic rings. The van der Waals surface area contributed by atoms with Crippen molar-refractivity contribution in [3.63, 3.8) is 0 Å². The predicted molar refractivity (Wildman–Crippen MR) is 73.1 cm³/mol. The number of amides is 1. The van der Waals surface area contributed by atoms with Crippen molar-refractivity contribution in [1.29, 1.82) is 0 Å². The number of nitro groups is 1. The van der Waals surface area contributed by atoms with E-state index < -0.39 is 4.92 Å². The first kappa shape index (κ1) is 12.7. The van der Waals surface area contributed by atoms with Gasteiger partial charge in [-0.25, -0.2) is 0 Å². The maximum absolute atomic E-state index is 11.9. The Bertz CT molecular complexity index is 598. The van der Waals surface area contributed by atoms with Crippen LogP contribution in [0.2, 0.25) is 0 Å². The summed E-state index contributed by atoms with van der Waals surface area (Å²) in [5.74, 6) is -0.385. The van der Waals surface area contributed by atoms with Crippen molar-refractivity contribution in [2.24, 2.45) is 0 Å². The smallest absolute Gasteiger partial charge is 0.270 e. The van der Waals surface area contributed by atoms with Crippen molar-refractivity contribution < 1.29 is 9.72 Å². The Labute approximate surface area is 115 Å². The van der Waals surface area contributed by atoms with Crippen molar-refractivity contribution >= 4 is 44.5 Å². The lowest BCUT2D eigenvalue weighted by molar-refractivity contribution is -0.384. The summed E-state index contributed by atoms with van der Waals surface area (Å²) in [5.41, 5.74) is 0.785. The van der Waals surface area contributed by atoms with Crippen molar-refractivity contribution in [3.05, 3.63) is 55.2 Å².